The molecule has 0 bridgehead atoms. The number of hydrogen-bond donors (Lipinski definition) is 0. The number of hydrogen-bond acceptors (Lipinski definition) is 7. The van der Waals surface area contributed by atoms with E-state index in [1.165, 1.54) is 0 Å². The van der Waals surface area contributed by atoms with E-state index in [2.05, 4.69) is 61.9 Å². The van der Waals surface area contributed by atoms with E-state index in [0.717, 1.165) is 62.0 Å². The summed E-state index contributed by atoms with van der Waals surface area (Å²) in [6.45, 7) is 0.995. The second-order valence-corrected chi connectivity index (χ2v) is 11.2. The zero-order valence-electron chi connectivity index (χ0n) is 25.4. The summed E-state index contributed by atoms with van der Waals surface area (Å²) >= 11 is 0. The molecule has 9 heteroatoms. The van der Waals surface area contributed by atoms with E-state index in [1.54, 1.807) is 9.36 Å². The first kappa shape index (κ1) is 28.0. The summed E-state index contributed by atoms with van der Waals surface area (Å²) in [5.41, 5.74) is 9.84. The lowest BCUT2D eigenvalue weighted by molar-refractivity contribution is 0.746. The Morgan fingerprint density at radius 2 is 0.915 bits per heavy atom. The smallest absolute Gasteiger partial charge is 0.102 e. The third kappa shape index (κ3) is 5.97. The van der Waals surface area contributed by atoms with Crippen LogP contribution in [0.3, 0.4) is 0 Å². The fourth-order valence-electron chi connectivity index (χ4n) is 5.62. The molecule has 0 unspecified atom stereocenters. The SMILES string of the molecule is c1ccc(-c2nc3ccc(N(Cc4cn(-c5ccccc5)nn4)Cc4cn(-c5ccccc5)nn4)cc3nc2-c2ccccc2)cc1. The molecule has 0 aliphatic heterocycles. The lowest BCUT2D eigenvalue weighted by Crippen LogP contribution is -2.22. The van der Waals surface area contributed by atoms with Crippen molar-refractivity contribution >= 4 is 16.7 Å². The highest BCUT2D eigenvalue weighted by Crippen LogP contribution is 2.32. The molecule has 0 fully saturated rings. The van der Waals surface area contributed by atoms with E-state index >= 15 is 0 Å². The fraction of sp³-hybridized carbons (Fsp3) is 0.0526. The van der Waals surface area contributed by atoms with Crippen molar-refractivity contribution in [1.82, 2.24) is 40.0 Å². The molecular weight excluding hydrogens is 582 g/mol. The molecule has 0 saturated carbocycles. The highest BCUT2D eigenvalue weighted by Gasteiger charge is 2.18. The molecule has 47 heavy (non-hydrogen) atoms. The highest BCUT2D eigenvalue weighted by atomic mass is 15.4. The summed E-state index contributed by atoms with van der Waals surface area (Å²) < 4.78 is 3.59. The molecule has 0 aliphatic rings. The molecule has 226 valence electrons. The van der Waals surface area contributed by atoms with Gasteiger partial charge in [-0.25, -0.2) is 19.3 Å². The summed E-state index contributed by atoms with van der Waals surface area (Å²) in [6.07, 6.45) is 3.92. The van der Waals surface area contributed by atoms with Crippen LogP contribution in [0.5, 0.6) is 0 Å². The van der Waals surface area contributed by atoms with Gasteiger partial charge in [0, 0.05) is 16.8 Å². The molecule has 0 amide bonds. The quantitative estimate of drug-likeness (QED) is 0.169. The van der Waals surface area contributed by atoms with Crippen LogP contribution in [0.2, 0.25) is 0 Å². The Balaban J connectivity index is 1.19. The van der Waals surface area contributed by atoms with Crippen molar-refractivity contribution < 1.29 is 0 Å². The van der Waals surface area contributed by atoms with Crippen LogP contribution in [0, 0.1) is 0 Å². The van der Waals surface area contributed by atoms with Gasteiger partial charge in [-0.1, -0.05) is 107 Å². The third-order valence-corrected chi connectivity index (χ3v) is 7.94. The van der Waals surface area contributed by atoms with Crippen LogP contribution in [0.25, 0.3) is 44.9 Å². The Morgan fingerprint density at radius 3 is 1.40 bits per heavy atom. The summed E-state index contributed by atoms with van der Waals surface area (Å²) in [6, 6.07) is 46.6. The molecule has 5 aromatic carbocycles. The van der Waals surface area contributed by atoms with Crippen molar-refractivity contribution in [3.05, 3.63) is 163 Å². The Labute approximate surface area is 271 Å². The van der Waals surface area contributed by atoms with Crippen molar-refractivity contribution in [2.75, 3.05) is 4.90 Å². The lowest BCUT2D eigenvalue weighted by Gasteiger charge is -2.23. The number of nitrogens with zero attached hydrogens (tertiary/aromatic N) is 9. The van der Waals surface area contributed by atoms with Crippen LogP contribution in [0.4, 0.5) is 5.69 Å². The maximum Gasteiger partial charge on any atom is 0.102 e. The van der Waals surface area contributed by atoms with Crippen LogP contribution in [0.1, 0.15) is 11.4 Å². The number of fused-ring (bicyclic) bond motifs is 1. The molecule has 3 heterocycles. The Morgan fingerprint density at radius 1 is 0.468 bits per heavy atom. The summed E-state index contributed by atoms with van der Waals surface area (Å²) in [7, 11) is 0. The predicted octanol–water partition coefficient (Wildman–Crippen LogP) is 7.33. The van der Waals surface area contributed by atoms with E-state index in [0.29, 0.717) is 13.1 Å². The number of para-hydroxylation sites is 2. The Bertz CT molecular complexity index is 2170. The monoisotopic (exact) mass is 611 g/mol. The molecular formula is C38H29N9. The van der Waals surface area contributed by atoms with Gasteiger partial charge in [-0.3, -0.25) is 0 Å². The maximum absolute atomic E-state index is 5.21. The molecule has 8 rings (SSSR count). The van der Waals surface area contributed by atoms with Gasteiger partial charge in [0.05, 0.1) is 59.3 Å². The van der Waals surface area contributed by atoms with E-state index in [4.69, 9.17) is 9.97 Å². The molecule has 0 saturated heterocycles. The van der Waals surface area contributed by atoms with E-state index in [1.807, 2.05) is 116 Å². The van der Waals surface area contributed by atoms with Gasteiger partial charge in [0.1, 0.15) is 11.4 Å². The largest absolute Gasteiger partial charge is 0.359 e. The summed E-state index contributed by atoms with van der Waals surface area (Å²) in [4.78, 5) is 12.6. The summed E-state index contributed by atoms with van der Waals surface area (Å²) in [5, 5.41) is 17.8. The first-order valence-corrected chi connectivity index (χ1v) is 15.4. The van der Waals surface area contributed by atoms with Gasteiger partial charge < -0.3 is 4.90 Å². The second kappa shape index (κ2) is 12.5. The maximum atomic E-state index is 5.21. The van der Waals surface area contributed by atoms with Crippen LogP contribution >= 0.6 is 0 Å². The van der Waals surface area contributed by atoms with Crippen LogP contribution in [0.15, 0.2) is 152 Å². The number of rotatable bonds is 9. The van der Waals surface area contributed by atoms with E-state index < -0.39 is 0 Å². The van der Waals surface area contributed by atoms with Gasteiger partial charge in [-0.2, -0.15) is 0 Å². The first-order valence-electron chi connectivity index (χ1n) is 15.4. The van der Waals surface area contributed by atoms with Crippen molar-refractivity contribution in [3.8, 4) is 33.9 Å². The number of anilines is 1. The zero-order valence-corrected chi connectivity index (χ0v) is 25.4. The molecule has 9 nitrogen and oxygen atoms in total. The van der Waals surface area contributed by atoms with Crippen molar-refractivity contribution in [2.24, 2.45) is 0 Å². The van der Waals surface area contributed by atoms with E-state index in [9.17, 15) is 0 Å². The summed E-state index contributed by atoms with van der Waals surface area (Å²) in [5.74, 6) is 0. The van der Waals surface area contributed by atoms with Crippen LogP contribution in [-0.2, 0) is 13.1 Å². The second-order valence-electron chi connectivity index (χ2n) is 11.2. The van der Waals surface area contributed by atoms with Crippen molar-refractivity contribution in [1.29, 1.82) is 0 Å². The van der Waals surface area contributed by atoms with Gasteiger partial charge >= 0.3 is 0 Å². The molecule has 3 aromatic heterocycles. The van der Waals surface area contributed by atoms with Gasteiger partial charge in [0.2, 0.25) is 0 Å². The number of aromatic nitrogens is 8. The van der Waals surface area contributed by atoms with Crippen LogP contribution in [-0.4, -0.2) is 40.0 Å². The molecule has 8 aromatic rings. The molecule has 0 atom stereocenters. The average Bonchev–Trinajstić information content (AvgIpc) is 3.82. The van der Waals surface area contributed by atoms with Gasteiger partial charge in [-0.05, 0) is 42.5 Å². The zero-order chi connectivity index (χ0) is 31.4. The Hall–Kier alpha value is -6.48. The standard InChI is InChI=1S/C38H29N9/c1-5-13-28(14-6-1)37-38(29-15-7-2-8-16-29)40-36-23-34(21-22-35(36)39-37)45(24-30-26-46(43-41-30)32-17-9-3-10-18-32)25-31-27-47(44-42-31)33-19-11-4-12-20-33/h1-23,26-27H,24-25H2. The van der Waals surface area contributed by atoms with Crippen molar-refractivity contribution in [3.63, 3.8) is 0 Å². The first-order chi connectivity index (χ1) is 23.3. The van der Waals surface area contributed by atoms with Gasteiger partial charge in [-0.15, -0.1) is 10.2 Å². The molecule has 0 aliphatic carbocycles. The van der Waals surface area contributed by atoms with Crippen molar-refractivity contribution in [2.45, 2.75) is 13.1 Å². The lowest BCUT2D eigenvalue weighted by atomic mass is 10.0. The van der Waals surface area contributed by atoms with Gasteiger partial charge in [0.15, 0.2) is 0 Å². The topological polar surface area (TPSA) is 90.4 Å². The minimum Gasteiger partial charge on any atom is -0.359 e. The average molecular weight is 612 g/mol. The molecule has 0 N–H and O–H groups in total. The molecule has 0 spiro atoms. The van der Waals surface area contributed by atoms with Crippen LogP contribution < -0.4 is 4.90 Å². The molecule has 0 radical (unpaired) electrons. The Kier molecular flexibility index (Phi) is 7.45. The number of benzene rings is 5. The minimum absolute atomic E-state index is 0.498. The highest BCUT2D eigenvalue weighted by molar-refractivity contribution is 5.87. The predicted molar refractivity (Wildman–Crippen MR) is 183 cm³/mol. The third-order valence-electron chi connectivity index (χ3n) is 7.94. The van der Waals surface area contributed by atoms with Gasteiger partial charge in [0.25, 0.3) is 0 Å². The normalized spacial score (nSPS) is 11.1. The minimum atomic E-state index is 0.498. The van der Waals surface area contributed by atoms with E-state index in [-0.39, 0.29) is 0 Å². The fourth-order valence-corrected chi connectivity index (χ4v) is 5.62.